The first-order chi connectivity index (χ1) is 8.36. The SMILES string of the molecule is C=CCCC(O)CNC(C)(C)c1nc(C)c(C)s1. The molecule has 0 saturated heterocycles. The summed E-state index contributed by atoms with van der Waals surface area (Å²) in [7, 11) is 0. The Morgan fingerprint density at radius 3 is 2.67 bits per heavy atom. The molecule has 0 aliphatic rings. The number of allylic oxidation sites excluding steroid dienone is 1. The molecule has 1 heterocycles. The van der Waals surface area contributed by atoms with E-state index >= 15 is 0 Å². The van der Waals surface area contributed by atoms with Crippen molar-refractivity contribution in [2.24, 2.45) is 0 Å². The van der Waals surface area contributed by atoms with Crippen molar-refractivity contribution < 1.29 is 5.11 Å². The van der Waals surface area contributed by atoms with Crippen LogP contribution in [0.25, 0.3) is 0 Å². The van der Waals surface area contributed by atoms with E-state index in [1.807, 2.05) is 13.0 Å². The average molecular weight is 268 g/mol. The lowest BCUT2D eigenvalue weighted by Crippen LogP contribution is -2.41. The molecule has 0 aliphatic carbocycles. The van der Waals surface area contributed by atoms with Crippen molar-refractivity contribution in [3.05, 3.63) is 28.2 Å². The average Bonchev–Trinajstić information content (AvgIpc) is 2.65. The second kappa shape index (κ2) is 6.45. The first-order valence-corrected chi connectivity index (χ1v) is 7.17. The molecular formula is C14H24N2OS. The summed E-state index contributed by atoms with van der Waals surface area (Å²) in [5.74, 6) is 0. The van der Waals surface area contributed by atoms with Gasteiger partial charge >= 0.3 is 0 Å². The number of nitrogens with one attached hydrogen (secondary N) is 1. The molecule has 0 bridgehead atoms. The van der Waals surface area contributed by atoms with Crippen LogP contribution in [0.5, 0.6) is 0 Å². The van der Waals surface area contributed by atoms with Crippen molar-refractivity contribution in [1.82, 2.24) is 10.3 Å². The van der Waals surface area contributed by atoms with Crippen LogP contribution in [0.2, 0.25) is 0 Å². The monoisotopic (exact) mass is 268 g/mol. The lowest BCUT2D eigenvalue weighted by atomic mass is 10.1. The molecule has 102 valence electrons. The Morgan fingerprint density at radius 2 is 2.17 bits per heavy atom. The molecule has 0 aromatic carbocycles. The van der Waals surface area contributed by atoms with Gasteiger partial charge in [0.05, 0.1) is 17.3 Å². The number of hydrogen-bond acceptors (Lipinski definition) is 4. The zero-order valence-electron chi connectivity index (χ0n) is 11.8. The van der Waals surface area contributed by atoms with Gasteiger partial charge in [0.2, 0.25) is 0 Å². The molecule has 1 rings (SSSR count). The van der Waals surface area contributed by atoms with E-state index in [1.165, 1.54) is 4.88 Å². The minimum atomic E-state index is -0.329. The van der Waals surface area contributed by atoms with Gasteiger partial charge in [0.1, 0.15) is 5.01 Å². The van der Waals surface area contributed by atoms with Crippen LogP contribution in [0.15, 0.2) is 12.7 Å². The van der Waals surface area contributed by atoms with E-state index in [1.54, 1.807) is 11.3 Å². The molecule has 1 atom stereocenters. The van der Waals surface area contributed by atoms with E-state index in [9.17, 15) is 5.11 Å². The number of aliphatic hydroxyl groups is 1. The Kier molecular flexibility index (Phi) is 5.50. The van der Waals surface area contributed by atoms with Gasteiger partial charge in [-0.2, -0.15) is 0 Å². The third-order valence-corrected chi connectivity index (χ3v) is 4.44. The van der Waals surface area contributed by atoms with Crippen molar-refractivity contribution in [3.8, 4) is 0 Å². The molecule has 4 heteroatoms. The smallest absolute Gasteiger partial charge is 0.113 e. The van der Waals surface area contributed by atoms with Gasteiger partial charge in [0, 0.05) is 11.4 Å². The summed E-state index contributed by atoms with van der Waals surface area (Å²) in [5, 5.41) is 14.3. The number of nitrogens with zero attached hydrogens (tertiary/aromatic N) is 1. The molecule has 1 aromatic heterocycles. The predicted molar refractivity (Wildman–Crippen MR) is 78.1 cm³/mol. The lowest BCUT2D eigenvalue weighted by molar-refractivity contribution is 0.150. The van der Waals surface area contributed by atoms with Crippen molar-refractivity contribution in [3.63, 3.8) is 0 Å². The number of aryl methyl sites for hydroxylation is 2. The maximum Gasteiger partial charge on any atom is 0.113 e. The summed E-state index contributed by atoms with van der Waals surface area (Å²) in [6.07, 6.45) is 3.10. The quantitative estimate of drug-likeness (QED) is 0.747. The molecule has 1 aromatic rings. The third-order valence-electron chi connectivity index (χ3n) is 3.05. The van der Waals surface area contributed by atoms with Gasteiger partial charge in [-0.1, -0.05) is 6.08 Å². The summed E-state index contributed by atoms with van der Waals surface area (Å²) in [4.78, 5) is 5.84. The number of hydrogen-bond donors (Lipinski definition) is 2. The maximum atomic E-state index is 9.82. The molecule has 0 saturated carbocycles. The largest absolute Gasteiger partial charge is 0.392 e. The molecule has 0 amide bonds. The van der Waals surface area contributed by atoms with Crippen LogP contribution >= 0.6 is 11.3 Å². The summed E-state index contributed by atoms with van der Waals surface area (Å²) in [5.41, 5.74) is 0.899. The number of rotatable bonds is 7. The second-order valence-electron chi connectivity index (χ2n) is 5.19. The van der Waals surface area contributed by atoms with Crippen molar-refractivity contribution in [2.45, 2.75) is 52.2 Å². The van der Waals surface area contributed by atoms with Crippen LogP contribution in [0.3, 0.4) is 0 Å². The fourth-order valence-electron chi connectivity index (χ4n) is 1.60. The molecule has 3 nitrogen and oxygen atoms in total. The molecule has 0 radical (unpaired) electrons. The molecule has 0 aliphatic heterocycles. The molecule has 0 spiro atoms. The summed E-state index contributed by atoms with van der Waals surface area (Å²) in [6.45, 7) is 12.6. The van der Waals surface area contributed by atoms with E-state index in [2.05, 4.69) is 37.7 Å². The minimum Gasteiger partial charge on any atom is -0.392 e. The standard InChI is InChI=1S/C14H24N2OS/c1-6-7-8-12(17)9-15-14(4,5)13-16-10(2)11(3)18-13/h6,12,15,17H,1,7-9H2,2-5H3. The van der Waals surface area contributed by atoms with E-state index < -0.39 is 0 Å². The van der Waals surface area contributed by atoms with Crippen LogP contribution in [-0.4, -0.2) is 22.7 Å². The normalized spacial score (nSPS) is 13.6. The van der Waals surface area contributed by atoms with Gasteiger partial charge in [-0.3, -0.25) is 0 Å². The van der Waals surface area contributed by atoms with Crippen molar-refractivity contribution >= 4 is 11.3 Å². The number of aromatic nitrogens is 1. The first-order valence-electron chi connectivity index (χ1n) is 6.35. The molecule has 18 heavy (non-hydrogen) atoms. The van der Waals surface area contributed by atoms with E-state index in [0.29, 0.717) is 6.54 Å². The van der Waals surface area contributed by atoms with Crippen LogP contribution in [0.1, 0.15) is 42.3 Å². The van der Waals surface area contributed by atoms with Gasteiger partial charge in [-0.25, -0.2) is 4.98 Å². The predicted octanol–water partition coefficient (Wildman–Crippen LogP) is 2.91. The van der Waals surface area contributed by atoms with Crippen LogP contribution in [0.4, 0.5) is 0 Å². The highest BCUT2D eigenvalue weighted by molar-refractivity contribution is 7.11. The van der Waals surface area contributed by atoms with Crippen molar-refractivity contribution in [1.29, 1.82) is 0 Å². The van der Waals surface area contributed by atoms with Gasteiger partial charge < -0.3 is 10.4 Å². The fourth-order valence-corrected chi connectivity index (χ4v) is 2.59. The van der Waals surface area contributed by atoms with Crippen LogP contribution < -0.4 is 5.32 Å². The van der Waals surface area contributed by atoms with E-state index in [-0.39, 0.29) is 11.6 Å². The Labute approximate surface area is 114 Å². The topological polar surface area (TPSA) is 45.1 Å². The minimum absolute atomic E-state index is 0.196. The Balaban J connectivity index is 2.56. The maximum absolute atomic E-state index is 9.82. The number of thiazole rings is 1. The highest BCUT2D eigenvalue weighted by Crippen LogP contribution is 2.27. The highest BCUT2D eigenvalue weighted by atomic mass is 32.1. The van der Waals surface area contributed by atoms with Gasteiger partial charge in [0.25, 0.3) is 0 Å². The zero-order chi connectivity index (χ0) is 13.8. The molecule has 1 unspecified atom stereocenters. The number of aliphatic hydroxyl groups excluding tert-OH is 1. The van der Waals surface area contributed by atoms with Crippen LogP contribution in [0, 0.1) is 13.8 Å². The lowest BCUT2D eigenvalue weighted by Gasteiger charge is -2.25. The summed E-state index contributed by atoms with van der Waals surface area (Å²) < 4.78 is 0. The van der Waals surface area contributed by atoms with Gasteiger partial charge in [-0.05, 0) is 40.5 Å². The Morgan fingerprint density at radius 1 is 1.50 bits per heavy atom. The molecular weight excluding hydrogens is 244 g/mol. The third kappa shape index (κ3) is 4.19. The zero-order valence-corrected chi connectivity index (χ0v) is 12.6. The summed E-state index contributed by atoms with van der Waals surface area (Å²) in [6, 6.07) is 0. The molecule has 0 fully saturated rings. The Bertz CT molecular complexity index is 379. The Hall–Kier alpha value is -0.710. The second-order valence-corrected chi connectivity index (χ2v) is 6.39. The fraction of sp³-hybridized carbons (Fsp3) is 0.643. The van der Waals surface area contributed by atoms with E-state index in [0.717, 1.165) is 23.5 Å². The highest BCUT2D eigenvalue weighted by Gasteiger charge is 2.25. The van der Waals surface area contributed by atoms with Crippen molar-refractivity contribution in [2.75, 3.05) is 6.54 Å². The van der Waals surface area contributed by atoms with E-state index in [4.69, 9.17) is 0 Å². The van der Waals surface area contributed by atoms with Crippen LogP contribution in [-0.2, 0) is 5.54 Å². The van der Waals surface area contributed by atoms with Gasteiger partial charge in [0.15, 0.2) is 0 Å². The van der Waals surface area contributed by atoms with Gasteiger partial charge in [-0.15, -0.1) is 17.9 Å². The summed E-state index contributed by atoms with van der Waals surface area (Å²) >= 11 is 1.72. The molecule has 2 N–H and O–H groups in total. The first kappa shape index (κ1) is 15.3.